The number of hydrogen-bond acceptors (Lipinski definition) is 10. The average molecular weight is 670 g/mol. The van der Waals surface area contributed by atoms with E-state index in [1.54, 1.807) is 19.9 Å². The number of methoxy groups -OCH3 is 1. The summed E-state index contributed by atoms with van der Waals surface area (Å²) in [6.45, 7) is 9.07. The second-order valence-corrected chi connectivity index (χ2v) is 13.8. The van der Waals surface area contributed by atoms with Gasteiger partial charge in [0.1, 0.15) is 24.5 Å². The van der Waals surface area contributed by atoms with Gasteiger partial charge >= 0.3 is 5.97 Å². The Morgan fingerprint density at radius 2 is 1.84 bits per heavy atom. The average Bonchev–Trinajstić information content (AvgIpc) is 3.80. The van der Waals surface area contributed by atoms with E-state index in [0.29, 0.717) is 23.2 Å². The largest absolute Gasteiger partial charge is 0.464 e. The van der Waals surface area contributed by atoms with Gasteiger partial charge in [0.2, 0.25) is 29.5 Å². The van der Waals surface area contributed by atoms with Crippen LogP contribution in [0.5, 0.6) is 0 Å². The number of anilines is 1. The minimum absolute atomic E-state index is 0.0444. The zero-order valence-corrected chi connectivity index (χ0v) is 28.1. The molecular weight excluding hydrogens is 630 g/mol. The molecular formula is C36H39N5O8. The molecule has 4 heterocycles. The molecule has 4 N–H and O–H groups in total. The molecule has 2 aliphatic rings. The number of rotatable bonds is 6. The fraction of sp³-hybridized carbons (Fsp3) is 0.389. The number of carbonyl (C=O) groups excluding carboxylic acids is 4. The van der Waals surface area contributed by atoms with Crippen molar-refractivity contribution in [2.24, 2.45) is 11.3 Å². The Labute approximate surface area is 282 Å². The third-order valence-corrected chi connectivity index (χ3v) is 9.02. The van der Waals surface area contributed by atoms with Crippen LogP contribution in [0.4, 0.5) is 5.69 Å². The van der Waals surface area contributed by atoms with Crippen molar-refractivity contribution in [1.29, 1.82) is 0 Å². The van der Waals surface area contributed by atoms with Gasteiger partial charge in [0.05, 0.1) is 7.11 Å². The van der Waals surface area contributed by atoms with Crippen LogP contribution in [0.1, 0.15) is 85.9 Å². The highest BCUT2D eigenvalue weighted by Gasteiger charge is 2.55. The molecule has 0 fully saturated rings. The van der Waals surface area contributed by atoms with E-state index in [2.05, 4.69) is 20.9 Å². The van der Waals surface area contributed by atoms with Gasteiger partial charge in [0, 0.05) is 11.3 Å². The highest BCUT2D eigenvalue weighted by Crippen LogP contribution is 2.52. The number of ether oxygens (including phenoxy) is 1. The smallest absolute Gasteiger partial charge is 0.360 e. The summed E-state index contributed by atoms with van der Waals surface area (Å²) in [7, 11) is 1.22. The number of hydrogen-bond donors (Lipinski definition) is 4. The van der Waals surface area contributed by atoms with Crippen LogP contribution in [-0.2, 0) is 31.0 Å². The number of nitrogens with one attached hydrogen (secondary N) is 3. The van der Waals surface area contributed by atoms with Crippen LogP contribution in [0.25, 0.3) is 11.6 Å². The number of benzene rings is 2. The van der Waals surface area contributed by atoms with Gasteiger partial charge in [-0.3, -0.25) is 14.4 Å². The van der Waals surface area contributed by atoms with Gasteiger partial charge in [-0.05, 0) is 41.4 Å². The summed E-state index contributed by atoms with van der Waals surface area (Å²) < 4.78 is 17.3. The minimum atomic E-state index is -1.59. The van der Waals surface area contributed by atoms with E-state index in [1.165, 1.54) is 7.11 Å². The van der Waals surface area contributed by atoms with Gasteiger partial charge in [-0.2, -0.15) is 0 Å². The van der Waals surface area contributed by atoms with Crippen LogP contribution in [0, 0.1) is 11.3 Å². The zero-order valence-electron chi connectivity index (χ0n) is 28.1. The molecule has 0 radical (unpaired) electrons. The first-order valence-electron chi connectivity index (χ1n) is 16.1. The third-order valence-electron chi connectivity index (χ3n) is 9.02. The van der Waals surface area contributed by atoms with E-state index in [0.717, 1.165) is 11.8 Å². The van der Waals surface area contributed by atoms with Crippen molar-refractivity contribution in [3.63, 3.8) is 0 Å². The number of fused-ring (bicyclic) bond motifs is 4. The molecule has 2 aliphatic heterocycles. The third kappa shape index (κ3) is 5.88. The molecule has 4 atom stereocenters. The Morgan fingerprint density at radius 1 is 1.10 bits per heavy atom. The van der Waals surface area contributed by atoms with E-state index in [4.69, 9.17) is 18.6 Å². The van der Waals surface area contributed by atoms with E-state index >= 15 is 0 Å². The summed E-state index contributed by atoms with van der Waals surface area (Å²) in [5.41, 5.74) is 0.107. The molecule has 0 spiro atoms. The molecule has 4 bridgehead atoms. The lowest BCUT2D eigenvalue weighted by Gasteiger charge is -2.31. The molecule has 4 aromatic rings. The number of aromatic nitrogens is 2. The van der Waals surface area contributed by atoms with Crippen molar-refractivity contribution in [2.45, 2.75) is 71.1 Å². The summed E-state index contributed by atoms with van der Waals surface area (Å²) >= 11 is 0. The predicted molar refractivity (Wildman–Crippen MR) is 176 cm³/mol. The topological polar surface area (TPSA) is 186 Å². The number of esters is 1. The van der Waals surface area contributed by atoms with Gasteiger partial charge in [-0.25, -0.2) is 14.8 Å². The second-order valence-electron chi connectivity index (χ2n) is 13.8. The van der Waals surface area contributed by atoms with Crippen LogP contribution < -0.4 is 16.0 Å². The lowest BCUT2D eigenvalue weighted by Crippen LogP contribution is -2.52. The van der Waals surface area contributed by atoms with E-state index in [1.807, 2.05) is 63.2 Å². The molecule has 3 amide bonds. The number of amides is 3. The molecule has 2 aromatic carbocycles. The maximum absolute atomic E-state index is 14.5. The van der Waals surface area contributed by atoms with E-state index in [-0.39, 0.29) is 41.3 Å². The molecule has 2 aromatic heterocycles. The van der Waals surface area contributed by atoms with Gasteiger partial charge < -0.3 is 34.6 Å². The first kappa shape index (κ1) is 33.6. The maximum atomic E-state index is 14.5. The predicted octanol–water partition coefficient (Wildman–Crippen LogP) is 4.05. The van der Waals surface area contributed by atoms with Crippen LogP contribution in [0.3, 0.4) is 0 Å². The van der Waals surface area contributed by atoms with Crippen LogP contribution in [0.2, 0.25) is 0 Å². The Morgan fingerprint density at radius 3 is 2.51 bits per heavy atom. The normalized spacial score (nSPS) is 21.1. The highest BCUT2D eigenvalue weighted by molar-refractivity contribution is 6.11. The van der Waals surface area contributed by atoms with Crippen molar-refractivity contribution in [3.05, 3.63) is 88.8 Å². The second kappa shape index (κ2) is 12.6. The Balaban J connectivity index is 1.63. The minimum Gasteiger partial charge on any atom is -0.464 e. The van der Waals surface area contributed by atoms with Crippen LogP contribution >= 0.6 is 0 Å². The molecule has 0 unspecified atom stereocenters. The molecule has 13 heteroatoms. The SMILES string of the molecule is COC(=O)c1coc(-c2nc3oc2[C@@]2(c4ccccc4)C(=O)Nc4ccc(cc42)CC[C@H](NC(=O)[C@@H](O)C(C)C)C(=O)N[C@H]3C(C)(C)C)n1. The van der Waals surface area contributed by atoms with E-state index < -0.39 is 52.7 Å². The number of nitrogens with zero attached hydrogens (tertiary/aromatic N) is 2. The number of oxazole rings is 2. The van der Waals surface area contributed by atoms with Gasteiger partial charge in [-0.1, -0.05) is 77.1 Å². The van der Waals surface area contributed by atoms with E-state index in [9.17, 15) is 24.3 Å². The fourth-order valence-corrected chi connectivity index (χ4v) is 6.31. The maximum Gasteiger partial charge on any atom is 0.360 e. The number of aryl methyl sites for hydroxylation is 1. The molecule has 0 saturated heterocycles. The Bertz CT molecular complexity index is 1920. The van der Waals surface area contributed by atoms with Crippen LogP contribution in [-0.4, -0.2) is 58.0 Å². The highest BCUT2D eigenvalue weighted by atomic mass is 16.5. The summed E-state index contributed by atoms with van der Waals surface area (Å²) in [5.74, 6) is -2.66. The molecule has 6 rings (SSSR count). The molecule has 0 saturated carbocycles. The lowest BCUT2D eigenvalue weighted by atomic mass is 9.72. The Hall–Kier alpha value is -5.30. The summed E-state index contributed by atoms with van der Waals surface area (Å²) in [6.07, 6.45) is 0.367. The van der Waals surface area contributed by atoms with Crippen molar-refractivity contribution in [1.82, 2.24) is 20.6 Å². The molecule has 256 valence electrons. The van der Waals surface area contributed by atoms with Gasteiger partial charge in [0.25, 0.3) is 0 Å². The standard InChI is InChI=1S/C36H39N5O8/c1-18(2)26(42)30(44)37-23-15-13-19-12-14-22-21(16-19)36(34(46)39-22,20-10-8-7-9-11-20)28-25(31-38-24(17-48-31)33(45)47-6)40-32(49-28)27(35(3,4)5)41-29(23)43/h7-12,14,16-18,23,26-27,42H,13,15H2,1-6H3,(H,37,44)(H,39,46)(H,41,43)/t23-,26-,27+,36-/m0/s1. The molecule has 0 aliphatic carbocycles. The zero-order chi connectivity index (χ0) is 35.2. The van der Waals surface area contributed by atoms with Crippen molar-refractivity contribution in [2.75, 3.05) is 12.4 Å². The Kier molecular flexibility index (Phi) is 8.65. The van der Waals surface area contributed by atoms with Crippen LogP contribution in [0.15, 0.2) is 63.6 Å². The first-order valence-corrected chi connectivity index (χ1v) is 16.1. The number of aliphatic hydroxyl groups is 1. The number of aliphatic hydroxyl groups excluding tert-OH is 1. The fourth-order valence-electron chi connectivity index (χ4n) is 6.31. The monoisotopic (exact) mass is 669 g/mol. The number of carbonyl (C=O) groups is 4. The molecule has 13 nitrogen and oxygen atoms in total. The van der Waals surface area contributed by atoms with Crippen molar-refractivity contribution < 1.29 is 37.9 Å². The molecule has 49 heavy (non-hydrogen) atoms. The summed E-state index contributed by atoms with van der Waals surface area (Å²) in [5, 5.41) is 19.3. The van der Waals surface area contributed by atoms with Gasteiger partial charge in [-0.15, -0.1) is 0 Å². The van der Waals surface area contributed by atoms with Crippen molar-refractivity contribution in [3.8, 4) is 11.6 Å². The van der Waals surface area contributed by atoms with Gasteiger partial charge in [0.15, 0.2) is 22.6 Å². The first-order chi connectivity index (χ1) is 23.2. The quantitative estimate of drug-likeness (QED) is 0.218. The summed E-state index contributed by atoms with van der Waals surface area (Å²) in [6, 6.07) is 12.7. The summed E-state index contributed by atoms with van der Waals surface area (Å²) in [4.78, 5) is 63.1. The van der Waals surface area contributed by atoms with Crippen molar-refractivity contribution >= 4 is 29.4 Å². The lowest BCUT2D eigenvalue weighted by molar-refractivity contribution is -0.136.